The lowest BCUT2D eigenvalue weighted by atomic mass is 10.0. The van der Waals surface area contributed by atoms with Crippen molar-refractivity contribution in [3.8, 4) is 11.5 Å². The fraction of sp³-hybridized carbons (Fsp3) is 0.618. The molecular weight excluding hydrogens is 636 g/mol. The molecule has 47 heavy (non-hydrogen) atoms. The van der Waals surface area contributed by atoms with Gasteiger partial charge in [0.15, 0.2) is 12.4 Å². The number of alkyl halides is 3. The van der Waals surface area contributed by atoms with Gasteiger partial charge in [0.25, 0.3) is 0 Å². The van der Waals surface area contributed by atoms with Crippen molar-refractivity contribution >= 4 is 19.3 Å². The SMILES string of the molecule is CCCCCCCCCCCCCCCC(=O)N[C@@H](Cc1ccc(OCc2cc(OCC(F)(F)F)ccn2)cc1)C(=O)CP(=O)(O)O. The largest absolute Gasteiger partial charge is 0.487 e. The van der Waals surface area contributed by atoms with Crippen LogP contribution in [-0.2, 0) is 27.2 Å². The number of carbonyl (C=O) groups excluding carboxylic acids is 2. The molecule has 0 spiro atoms. The van der Waals surface area contributed by atoms with Gasteiger partial charge in [0.1, 0.15) is 24.3 Å². The Bertz CT molecular complexity index is 1240. The van der Waals surface area contributed by atoms with Crippen molar-refractivity contribution in [3.63, 3.8) is 0 Å². The second-order valence-corrected chi connectivity index (χ2v) is 13.6. The zero-order valence-corrected chi connectivity index (χ0v) is 28.2. The number of benzene rings is 1. The number of halogens is 3. The Kier molecular flexibility index (Phi) is 18.7. The lowest BCUT2D eigenvalue weighted by molar-refractivity contribution is -0.153. The first kappa shape index (κ1) is 40.2. The monoisotopic (exact) mass is 686 g/mol. The number of hydrogen-bond acceptors (Lipinski definition) is 6. The third-order valence-corrected chi connectivity index (χ3v) is 8.26. The number of carbonyl (C=O) groups is 2. The van der Waals surface area contributed by atoms with E-state index in [-0.39, 0.29) is 31.1 Å². The van der Waals surface area contributed by atoms with Crippen LogP contribution < -0.4 is 14.8 Å². The van der Waals surface area contributed by atoms with Gasteiger partial charge in [-0.2, -0.15) is 13.2 Å². The Morgan fingerprint density at radius 1 is 0.851 bits per heavy atom. The number of hydrogen-bond donors (Lipinski definition) is 3. The smallest absolute Gasteiger partial charge is 0.422 e. The summed E-state index contributed by atoms with van der Waals surface area (Å²) in [6, 6.07) is 8.08. The van der Waals surface area contributed by atoms with E-state index >= 15 is 0 Å². The molecule has 2 aromatic rings. The summed E-state index contributed by atoms with van der Waals surface area (Å²) in [6.45, 7) is 0.762. The van der Waals surface area contributed by atoms with Crippen molar-refractivity contribution in [2.75, 3.05) is 12.8 Å². The van der Waals surface area contributed by atoms with E-state index < -0.39 is 38.4 Å². The summed E-state index contributed by atoms with van der Waals surface area (Å²) < 4.78 is 59.1. The van der Waals surface area contributed by atoms with E-state index in [4.69, 9.17) is 9.47 Å². The molecule has 0 bridgehead atoms. The first-order chi connectivity index (χ1) is 22.3. The maximum Gasteiger partial charge on any atom is 0.422 e. The number of nitrogens with one attached hydrogen (secondary N) is 1. The molecule has 0 saturated heterocycles. The summed E-state index contributed by atoms with van der Waals surface area (Å²) in [5, 5.41) is 2.66. The van der Waals surface area contributed by atoms with Crippen molar-refractivity contribution in [1.82, 2.24) is 10.3 Å². The van der Waals surface area contributed by atoms with Crippen LogP contribution in [0.25, 0.3) is 0 Å². The number of nitrogens with zero attached hydrogens (tertiary/aromatic N) is 1. The van der Waals surface area contributed by atoms with Crippen molar-refractivity contribution in [3.05, 3.63) is 53.9 Å². The van der Waals surface area contributed by atoms with E-state index in [1.807, 2.05) is 0 Å². The van der Waals surface area contributed by atoms with Crippen LogP contribution in [0.4, 0.5) is 13.2 Å². The lowest BCUT2D eigenvalue weighted by Gasteiger charge is -2.19. The summed E-state index contributed by atoms with van der Waals surface area (Å²) in [6.07, 6.45) is 11.4. The zero-order chi connectivity index (χ0) is 34.5. The molecule has 0 aliphatic carbocycles. The fourth-order valence-electron chi connectivity index (χ4n) is 5.03. The van der Waals surface area contributed by atoms with Gasteiger partial charge in [-0.1, -0.05) is 96.1 Å². The van der Waals surface area contributed by atoms with Crippen LogP contribution in [0.3, 0.4) is 0 Å². The molecule has 0 aliphatic heterocycles. The van der Waals surface area contributed by atoms with Crippen molar-refractivity contribution in [2.45, 2.75) is 122 Å². The lowest BCUT2D eigenvalue weighted by Crippen LogP contribution is -2.43. The van der Waals surface area contributed by atoms with Gasteiger partial charge in [-0.05, 0) is 36.6 Å². The van der Waals surface area contributed by atoms with E-state index in [9.17, 15) is 37.1 Å². The minimum atomic E-state index is -4.63. The van der Waals surface area contributed by atoms with Gasteiger partial charge in [0, 0.05) is 18.7 Å². The molecule has 1 aromatic carbocycles. The Balaban J connectivity index is 1.78. The van der Waals surface area contributed by atoms with Gasteiger partial charge < -0.3 is 24.6 Å². The number of amides is 1. The van der Waals surface area contributed by atoms with Crippen LogP contribution >= 0.6 is 7.60 Å². The summed E-state index contributed by atoms with van der Waals surface area (Å²) in [4.78, 5) is 48.1. The fourth-order valence-corrected chi connectivity index (χ4v) is 5.66. The molecule has 0 saturated carbocycles. The number of rotatable bonds is 25. The Labute approximate surface area is 276 Å². The Morgan fingerprint density at radius 2 is 1.43 bits per heavy atom. The maximum absolute atomic E-state index is 12.7. The number of ketones is 1. The highest BCUT2D eigenvalue weighted by Crippen LogP contribution is 2.34. The molecule has 1 aromatic heterocycles. The molecule has 264 valence electrons. The zero-order valence-electron chi connectivity index (χ0n) is 27.3. The molecule has 13 heteroatoms. The van der Waals surface area contributed by atoms with Gasteiger partial charge in [-0.15, -0.1) is 0 Å². The van der Waals surface area contributed by atoms with Gasteiger partial charge in [0.05, 0.1) is 11.7 Å². The van der Waals surface area contributed by atoms with Gasteiger partial charge >= 0.3 is 13.8 Å². The van der Waals surface area contributed by atoms with Gasteiger partial charge in [-0.25, -0.2) is 0 Å². The van der Waals surface area contributed by atoms with Crippen molar-refractivity contribution in [1.29, 1.82) is 0 Å². The van der Waals surface area contributed by atoms with Crippen LogP contribution in [0, 0.1) is 0 Å². The number of ether oxygens (including phenoxy) is 2. The number of aromatic nitrogens is 1. The topological polar surface area (TPSA) is 135 Å². The van der Waals surface area contributed by atoms with Crippen LogP contribution in [0.5, 0.6) is 11.5 Å². The van der Waals surface area contributed by atoms with Gasteiger partial charge in [-0.3, -0.25) is 19.1 Å². The molecule has 2 rings (SSSR count). The Morgan fingerprint density at radius 3 is 1.98 bits per heavy atom. The Hall–Kier alpha value is -2.95. The average Bonchev–Trinajstić information content (AvgIpc) is 3.00. The molecule has 1 heterocycles. The van der Waals surface area contributed by atoms with Crippen LogP contribution in [0.15, 0.2) is 42.6 Å². The predicted octanol–water partition coefficient (Wildman–Crippen LogP) is 7.86. The predicted molar refractivity (Wildman–Crippen MR) is 174 cm³/mol. The molecule has 3 N–H and O–H groups in total. The van der Waals surface area contributed by atoms with E-state index in [2.05, 4.69) is 17.2 Å². The van der Waals surface area contributed by atoms with E-state index in [0.29, 0.717) is 23.4 Å². The molecule has 1 amide bonds. The third kappa shape index (κ3) is 20.1. The summed E-state index contributed by atoms with van der Waals surface area (Å²) in [5.41, 5.74) is 0.978. The molecular formula is C34H50F3N2O7P. The minimum absolute atomic E-state index is 0.00780. The van der Waals surface area contributed by atoms with Crippen molar-refractivity contribution < 1.29 is 46.6 Å². The second kappa shape index (κ2) is 21.8. The van der Waals surface area contributed by atoms with Crippen molar-refractivity contribution in [2.24, 2.45) is 0 Å². The first-order valence-electron chi connectivity index (χ1n) is 16.6. The highest BCUT2D eigenvalue weighted by molar-refractivity contribution is 7.52. The number of pyridine rings is 1. The molecule has 0 radical (unpaired) electrons. The van der Waals surface area contributed by atoms with Crippen LogP contribution in [0.1, 0.15) is 108 Å². The quantitative estimate of drug-likeness (QED) is 0.0710. The van der Waals surface area contributed by atoms with E-state index in [1.165, 1.54) is 76.1 Å². The highest BCUT2D eigenvalue weighted by Gasteiger charge is 2.29. The molecule has 1 atom stereocenters. The van der Waals surface area contributed by atoms with E-state index in [0.717, 1.165) is 19.3 Å². The third-order valence-electron chi connectivity index (χ3n) is 7.53. The molecule has 0 fully saturated rings. The highest BCUT2D eigenvalue weighted by atomic mass is 31.2. The number of unbranched alkanes of at least 4 members (excludes halogenated alkanes) is 12. The van der Waals surface area contributed by atoms with Crippen LogP contribution in [-0.4, -0.2) is 51.4 Å². The van der Waals surface area contributed by atoms with Crippen LogP contribution in [0.2, 0.25) is 0 Å². The minimum Gasteiger partial charge on any atom is -0.487 e. The summed E-state index contributed by atoms with van der Waals surface area (Å²) >= 11 is 0. The van der Waals surface area contributed by atoms with E-state index in [1.54, 1.807) is 24.3 Å². The first-order valence-corrected chi connectivity index (χ1v) is 18.4. The summed E-state index contributed by atoms with van der Waals surface area (Å²) in [5.74, 6) is -0.669. The second-order valence-electron chi connectivity index (χ2n) is 11.9. The number of Topliss-reactive ketones (excluding diaryl/α,β-unsaturated/α-hetero) is 1. The van der Waals surface area contributed by atoms with Gasteiger partial charge in [0.2, 0.25) is 5.91 Å². The maximum atomic E-state index is 12.7. The molecule has 0 unspecified atom stereocenters. The molecule has 0 aliphatic rings. The summed E-state index contributed by atoms with van der Waals surface area (Å²) in [7, 11) is -4.63. The molecule has 9 nitrogen and oxygen atoms in total. The standard InChI is InChI=1S/C34H50F3N2O7P/c1-2-3-4-5-6-7-8-9-10-11-12-13-14-15-33(41)39-31(32(40)25-47(42,43)44)22-27-16-18-29(19-17-27)45-24-28-23-30(20-21-38-28)46-26-34(35,36)37/h16-21,23,31H,2-15,22,24-26H2,1H3,(H,39,41)(H2,42,43,44)/t31-/m0/s1. The normalized spacial score (nSPS) is 12.5. The average molecular weight is 687 g/mol.